The molecule has 1 atom stereocenters. The summed E-state index contributed by atoms with van der Waals surface area (Å²) in [5.41, 5.74) is 0. The molecule has 0 aliphatic heterocycles. The predicted molar refractivity (Wildman–Crippen MR) is 74.9 cm³/mol. The van der Waals surface area contributed by atoms with Crippen molar-refractivity contribution in [2.24, 2.45) is 0 Å². The van der Waals surface area contributed by atoms with Crippen LogP contribution in [0.15, 0.2) is 24.3 Å². The van der Waals surface area contributed by atoms with E-state index in [0.29, 0.717) is 18.4 Å². The van der Waals surface area contributed by atoms with Crippen LogP contribution >= 0.6 is 0 Å². The molecule has 118 valence electrons. The fourth-order valence-corrected chi connectivity index (χ4v) is 1.15. The average molecular weight is 301 g/mol. The van der Waals surface area contributed by atoms with E-state index >= 15 is 0 Å². The average Bonchev–Trinajstić information content (AvgIpc) is 2.45. The van der Waals surface area contributed by atoms with Gasteiger partial charge in [0, 0.05) is 12.6 Å². The van der Waals surface area contributed by atoms with Crippen LogP contribution in [-0.2, 0) is 9.59 Å². The molecular weight excluding hydrogens is 281 g/mol. The van der Waals surface area contributed by atoms with Gasteiger partial charge in [0.25, 0.3) is 0 Å². The molecule has 0 aliphatic rings. The molecule has 0 aliphatic carbocycles. The van der Waals surface area contributed by atoms with Crippen LogP contribution in [0.1, 0.15) is 20.3 Å². The Kier molecular flexibility index (Phi) is 9.53. The van der Waals surface area contributed by atoms with Crippen molar-refractivity contribution in [1.82, 2.24) is 5.32 Å². The molecule has 0 bridgehead atoms. The minimum atomic E-state index is -1.82. The topological polar surface area (TPSA) is 95.9 Å². The van der Waals surface area contributed by atoms with Gasteiger partial charge < -0.3 is 20.3 Å². The third-order valence-electron chi connectivity index (χ3n) is 2.47. The SMILES string of the molecule is CCC(C)NCCOc1ccc(F)cc1.O=C(O)C(=O)O. The third kappa shape index (κ3) is 10.3. The second-order valence-electron chi connectivity index (χ2n) is 4.18. The van der Waals surface area contributed by atoms with E-state index in [9.17, 15) is 4.39 Å². The Balaban J connectivity index is 0.000000567. The van der Waals surface area contributed by atoms with Crippen LogP contribution in [0, 0.1) is 5.82 Å². The molecule has 6 nitrogen and oxygen atoms in total. The van der Waals surface area contributed by atoms with E-state index in [1.54, 1.807) is 12.1 Å². The molecule has 0 spiro atoms. The lowest BCUT2D eigenvalue weighted by Crippen LogP contribution is -2.29. The number of carboxylic acid groups (broad SMARTS) is 2. The summed E-state index contributed by atoms with van der Waals surface area (Å²) in [5, 5.41) is 18.1. The van der Waals surface area contributed by atoms with Crippen molar-refractivity contribution >= 4 is 11.9 Å². The highest BCUT2D eigenvalue weighted by Gasteiger charge is 2.04. The lowest BCUT2D eigenvalue weighted by molar-refractivity contribution is -0.159. The summed E-state index contributed by atoms with van der Waals surface area (Å²) in [7, 11) is 0. The van der Waals surface area contributed by atoms with Gasteiger partial charge in [-0.1, -0.05) is 6.92 Å². The van der Waals surface area contributed by atoms with Crippen molar-refractivity contribution in [1.29, 1.82) is 0 Å². The zero-order valence-electron chi connectivity index (χ0n) is 12.0. The zero-order chi connectivity index (χ0) is 16.3. The number of carboxylic acids is 2. The molecule has 0 saturated carbocycles. The highest BCUT2D eigenvalue weighted by molar-refractivity contribution is 6.27. The summed E-state index contributed by atoms with van der Waals surface area (Å²) in [6.45, 7) is 5.69. The van der Waals surface area contributed by atoms with Gasteiger partial charge >= 0.3 is 11.9 Å². The quantitative estimate of drug-likeness (QED) is 0.547. The van der Waals surface area contributed by atoms with Gasteiger partial charge in [-0.2, -0.15) is 0 Å². The number of benzene rings is 1. The summed E-state index contributed by atoms with van der Waals surface area (Å²) in [4.78, 5) is 18.2. The molecule has 7 heteroatoms. The second kappa shape index (κ2) is 10.6. The highest BCUT2D eigenvalue weighted by atomic mass is 19.1. The third-order valence-corrected chi connectivity index (χ3v) is 2.47. The first-order valence-corrected chi connectivity index (χ1v) is 6.44. The molecule has 0 radical (unpaired) electrons. The van der Waals surface area contributed by atoms with Crippen LogP contribution in [0.4, 0.5) is 4.39 Å². The van der Waals surface area contributed by atoms with Gasteiger partial charge in [-0.3, -0.25) is 0 Å². The summed E-state index contributed by atoms with van der Waals surface area (Å²) in [5.74, 6) is -3.17. The molecule has 21 heavy (non-hydrogen) atoms. The van der Waals surface area contributed by atoms with Gasteiger partial charge in [0.1, 0.15) is 18.2 Å². The van der Waals surface area contributed by atoms with Gasteiger partial charge in [0.15, 0.2) is 0 Å². The molecular formula is C14H20FNO5. The number of hydrogen-bond acceptors (Lipinski definition) is 4. The first-order chi connectivity index (χ1) is 9.86. The number of nitrogens with one attached hydrogen (secondary N) is 1. The Bertz CT molecular complexity index is 423. The minimum absolute atomic E-state index is 0.236. The van der Waals surface area contributed by atoms with Crippen LogP contribution < -0.4 is 10.1 Å². The Morgan fingerprint density at radius 3 is 2.19 bits per heavy atom. The number of aliphatic carboxylic acids is 2. The molecule has 0 amide bonds. The molecule has 0 saturated heterocycles. The first kappa shape index (κ1) is 18.9. The number of halogens is 1. The fourth-order valence-electron chi connectivity index (χ4n) is 1.15. The molecule has 0 aromatic heterocycles. The normalized spacial score (nSPS) is 11.0. The van der Waals surface area contributed by atoms with Crippen LogP contribution in [0.2, 0.25) is 0 Å². The fraction of sp³-hybridized carbons (Fsp3) is 0.429. The lowest BCUT2D eigenvalue weighted by atomic mass is 10.3. The molecule has 1 aromatic rings. The number of ether oxygens (including phenoxy) is 1. The zero-order valence-corrected chi connectivity index (χ0v) is 12.0. The Morgan fingerprint density at radius 1 is 1.24 bits per heavy atom. The maximum Gasteiger partial charge on any atom is 0.414 e. The first-order valence-electron chi connectivity index (χ1n) is 6.44. The smallest absolute Gasteiger partial charge is 0.414 e. The van der Waals surface area contributed by atoms with Crippen LogP contribution in [-0.4, -0.2) is 41.3 Å². The van der Waals surface area contributed by atoms with Crippen LogP contribution in [0.3, 0.4) is 0 Å². The van der Waals surface area contributed by atoms with E-state index in [2.05, 4.69) is 19.2 Å². The van der Waals surface area contributed by atoms with E-state index in [-0.39, 0.29) is 5.82 Å². The van der Waals surface area contributed by atoms with Gasteiger partial charge in [0.2, 0.25) is 0 Å². The van der Waals surface area contributed by atoms with Crippen molar-refractivity contribution < 1.29 is 28.9 Å². The number of rotatable bonds is 6. The monoisotopic (exact) mass is 301 g/mol. The molecule has 0 fully saturated rings. The minimum Gasteiger partial charge on any atom is -0.492 e. The van der Waals surface area contributed by atoms with Gasteiger partial charge in [-0.05, 0) is 37.6 Å². The van der Waals surface area contributed by atoms with Crippen molar-refractivity contribution in [3.05, 3.63) is 30.1 Å². The van der Waals surface area contributed by atoms with Crippen molar-refractivity contribution in [3.8, 4) is 5.75 Å². The van der Waals surface area contributed by atoms with Gasteiger partial charge in [0.05, 0.1) is 0 Å². The predicted octanol–water partition coefficient (Wildman–Crippen LogP) is 1.75. The Morgan fingerprint density at radius 2 is 1.76 bits per heavy atom. The highest BCUT2D eigenvalue weighted by Crippen LogP contribution is 2.10. The van der Waals surface area contributed by atoms with E-state index < -0.39 is 11.9 Å². The maximum absolute atomic E-state index is 12.6. The standard InChI is InChI=1S/C12H18FNO.C2H2O4/c1-3-10(2)14-8-9-15-12-6-4-11(13)5-7-12;3-1(4)2(5)6/h4-7,10,14H,3,8-9H2,1-2H3;(H,3,4)(H,5,6). The Labute approximate surface area is 122 Å². The molecule has 1 unspecified atom stereocenters. The molecule has 1 aromatic carbocycles. The van der Waals surface area contributed by atoms with Crippen LogP contribution in [0.5, 0.6) is 5.75 Å². The summed E-state index contributed by atoms with van der Waals surface area (Å²) in [6, 6.07) is 6.59. The Hall–Kier alpha value is -2.15. The molecule has 1 rings (SSSR count). The van der Waals surface area contributed by atoms with Crippen molar-refractivity contribution in [2.75, 3.05) is 13.2 Å². The summed E-state index contributed by atoms with van der Waals surface area (Å²) < 4.78 is 18.0. The summed E-state index contributed by atoms with van der Waals surface area (Å²) >= 11 is 0. The van der Waals surface area contributed by atoms with Crippen LogP contribution in [0.25, 0.3) is 0 Å². The second-order valence-corrected chi connectivity index (χ2v) is 4.18. The maximum atomic E-state index is 12.6. The van der Waals surface area contributed by atoms with E-state index in [4.69, 9.17) is 24.5 Å². The van der Waals surface area contributed by atoms with Crippen molar-refractivity contribution in [2.45, 2.75) is 26.3 Å². The van der Waals surface area contributed by atoms with E-state index in [0.717, 1.165) is 13.0 Å². The van der Waals surface area contributed by atoms with Gasteiger partial charge in [-0.25, -0.2) is 14.0 Å². The number of hydrogen-bond donors (Lipinski definition) is 3. The van der Waals surface area contributed by atoms with E-state index in [1.807, 2.05) is 0 Å². The molecule has 3 N–H and O–H groups in total. The largest absolute Gasteiger partial charge is 0.492 e. The van der Waals surface area contributed by atoms with E-state index in [1.165, 1.54) is 12.1 Å². The van der Waals surface area contributed by atoms with Gasteiger partial charge in [-0.15, -0.1) is 0 Å². The van der Waals surface area contributed by atoms with Crippen molar-refractivity contribution in [3.63, 3.8) is 0 Å². The number of carbonyl (C=O) groups is 2. The lowest BCUT2D eigenvalue weighted by Gasteiger charge is -2.11. The molecule has 0 heterocycles. The summed E-state index contributed by atoms with van der Waals surface area (Å²) in [6.07, 6.45) is 1.11.